The summed E-state index contributed by atoms with van der Waals surface area (Å²) >= 11 is 4.38. The molecular formula is C9H19NS. The third kappa shape index (κ3) is 2.68. The average molecular weight is 173 g/mol. The molecule has 0 aliphatic heterocycles. The minimum atomic E-state index is 0.604. The van der Waals surface area contributed by atoms with Crippen LogP contribution in [0.1, 0.15) is 26.2 Å². The summed E-state index contributed by atoms with van der Waals surface area (Å²) < 4.78 is 0. The topological polar surface area (TPSA) is 3.24 Å². The van der Waals surface area contributed by atoms with Gasteiger partial charge >= 0.3 is 0 Å². The lowest BCUT2D eigenvalue weighted by Crippen LogP contribution is -2.28. The number of hydrogen-bond donors (Lipinski definition) is 1. The molecule has 11 heavy (non-hydrogen) atoms. The predicted octanol–water partition coefficient (Wildman–Crippen LogP) is 2.04. The van der Waals surface area contributed by atoms with Gasteiger partial charge in [0.05, 0.1) is 0 Å². The summed E-state index contributed by atoms with van der Waals surface area (Å²) in [4.78, 5) is 2.43. The van der Waals surface area contributed by atoms with Gasteiger partial charge in [0.2, 0.25) is 0 Å². The molecule has 1 saturated carbocycles. The zero-order chi connectivity index (χ0) is 8.32. The fraction of sp³-hybridized carbons (Fsp3) is 1.00. The Morgan fingerprint density at radius 1 is 1.45 bits per heavy atom. The molecule has 0 atom stereocenters. The van der Waals surface area contributed by atoms with E-state index in [1.165, 1.54) is 32.4 Å². The van der Waals surface area contributed by atoms with Crippen molar-refractivity contribution in [2.45, 2.75) is 26.2 Å². The Morgan fingerprint density at radius 3 is 2.45 bits per heavy atom. The van der Waals surface area contributed by atoms with E-state index in [-0.39, 0.29) is 0 Å². The summed E-state index contributed by atoms with van der Waals surface area (Å²) in [6.45, 7) is 4.72. The maximum Gasteiger partial charge on any atom is 0.00427 e. The van der Waals surface area contributed by atoms with E-state index in [4.69, 9.17) is 0 Å². The van der Waals surface area contributed by atoms with Crippen molar-refractivity contribution >= 4 is 12.6 Å². The van der Waals surface area contributed by atoms with Gasteiger partial charge in [0.1, 0.15) is 0 Å². The van der Waals surface area contributed by atoms with E-state index in [1.807, 2.05) is 0 Å². The smallest absolute Gasteiger partial charge is 0.00427 e. The van der Waals surface area contributed by atoms with Crippen molar-refractivity contribution in [1.82, 2.24) is 4.90 Å². The Morgan fingerprint density at radius 2 is 2.09 bits per heavy atom. The van der Waals surface area contributed by atoms with Gasteiger partial charge in [-0.2, -0.15) is 12.6 Å². The van der Waals surface area contributed by atoms with Gasteiger partial charge in [0.25, 0.3) is 0 Å². The van der Waals surface area contributed by atoms with Gasteiger partial charge in [-0.1, -0.05) is 6.92 Å². The normalized spacial score (nSPS) is 20.7. The van der Waals surface area contributed by atoms with Gasteiger partial charge in [0.15, 0.2) is 0 Å². The molecule has 0 unspecified atom stereocenters. The molecule has 2 heteroatoms. The molecule has 0 bridgehead atoms. The maximum atomic E-state index is 4.38. The summed E-state index contributed by atoms with van der Waals surface area (Å²) in [5.41, 5.74) is 0.604. The largest absolute Gasteiger partial charge is 0.306 e. The van der Waals surface area contributed by atoms with Crippen LogP contribution in [0.4, 0.5) is 0 Å². The molecule has 1 rings (SSSR count). The van der Waals surface area contributed by atoms with Crippen LogP contribution in [0.5, 0.6) is 0 Å². The zero-order valence-electron chi connectivity index (χ0n) is 7.64. The Labute approximate surface area is 75.6 Å². The number of thiol groups is 1. The number of rotatable bonds is 5. The quantitative estimate of drug-likeness (QED) is 0.623. The lowest BCUT2D eigenvalue weighted by Gasteiger charge is -2.21. The van der Waals surface area contributed by atoms with Crippen LogP contribution in [0.3, 0.4) is 0 Å². The van der Waals surface area contributed by atoms with E-state index in [0.717, 1.165) is 5.75 Å². The first kappa shape index (κ1) is 9.40. The molecule has 0 aromatic heterocycles. The van der Waals surface area contributed by atoms with Gasteiger partial charge in [-0.05, 0) is 44.0 Å². The fourth-order valence-corrected chi connectivity index (χ4v) is 1.99. The highest BCUT2D eigenvalue weighted by molar-refractivity contribution is 7.80. The van der Waals surface area contributed by atoms with Crippen molar-refractivity contribution in [2.24, 2.45) is 5.41 Å². The van der Waals surface area contributed by atoms with Crippen LogP contribution in [-0.4, -0.2) is 30.8 Å². The molecule has 0 heterocycles. The lowest BCUT2D eigenvalue weighted by atomic mass is 10.1. The summed E-state index contributed by atoms with van der Waals surface area (Å²) in [7, 11) is 2.22. The van der Waals surface area contributed by atoms with Crippen molar-refractivity contribution in [3.8, 4) is 0 Å². The molecule has 1 nitrogen and oxygen atoms in total. The highest BCUT2D eigenvalue weighted by Gasteiger charge is 2.41. The Hall–Kier alpha value is 0.310. The van der Waals surface area contributed by atoms with Crippen molar-refractivity contribution in [2.75, 3.05) is 25.9 Å². The second kappa shape index (κ2) is 3.81. The molecule has 0 spiro atoms. The van der Waals surface area contributed by atoms with E-state index in [2.05, 4.69) is 31.5 Å². The van der Waals surface area contributed by atoms with Crippen LogP contribution in [0.15, 0.2) is 0 Å². The molecule has 0 aromatic carbocycles. The third-order valence-electron chi connectivity index (χ3n) is 2.50. The molecule has 1 fully saturated rings. The Balaban J connectivity index is 2.18. The average Bonchev–Trinajstić information content (AvgIpc) is 2.70. The molecule has 0 N–H and O–H groups in total. The molecule has 0 amide bonds. The van der Waals surface area contributed by atoms with Crippen molar-refractivity contribution in [3.05, 3.63) is 0 Å². The van der Waals surface area contributed by atoms with Crippen LogP contribution in [0.25, 0.3) is 0 Å². The molecule has 0 saturated heterocycles. The molecule has 1 aliphatic rings. The minimum Gasteiger partial charge on any atom is -0.306 e. The van der Waals surface area contributed by atoms with E-state index in [0.29, 0.717) is 5.41 Å². The van der Waals surface area contributed by atoms with Crippen LogP contribution in [0.2, 0.25) is 0 Å². The molecular weight excluding hydrogens is 154 g/mol. The summed E-state index contributed by atoms with van der Waals surface area (Å²) in [6.07, 6.45) is 4.05. The monoisotopic (exact) mass is 173 g/mol. The maximum absolute atomic E-state index is 4.38. The van der Waals surface area contributed by atoms with Crippen LogP contribution < -0.4 is 0 Å². The van der Waals surface area contributed by atoms with Crippen LogP contribution >= 0.6 is 12.6 Å². The van der Waals surface area contributed by atoms with E-state index in [1.54, 1.807) is 0 Å². The van der Waals surface area contributed by atoms with Crippen molar-refractivity contribution < 1.29 is 0 Å². The number of nitrogens with zero attached hydrogens (tertiary/aromatic N) is 1. The van der Waals surface area contributed by atoms with E-state index < -0.39 is 0 Å². The van der Waals surface area contributed by atoms with Gasteiger partial charge in [-0.25, -0.2) is 0 Å². The first-order valence-corrected chi connectivity index (χ1v) is 5.15. The van der Waals surface area contributed by atoms with Crippen molar-refractivity contribution in [3.63, 3.8) is 0 Å². The predicted molar refractivity (Wildman–Crippen MR) is 53.3 cm³/mol. The van der Waals surface area contributed by atoms with Gasteiger partial charge < -0.3 is 4.90 Å². The molecule has 66 valence electrons. The Bertz CT molecular complexity index is 121. The van der Waals surface area contributed by atoms with Gasteiger partial charge in [0, 0.05) is 6.54 Å². The Kier molecular flexibility index (Phi) is 3.26. The molecule has 0 aromatic rings. The first-order chi connectivity index (χ1) is 5.22. The zero-order valence-corrected chi connectivity index (χ0v) is 8.53. The SMILES string of the molecule is CCCN(C)CC1(CS)CC1. The van der Waals surface area contributed by atoms with Gasteiger partial charge in [-0.3, -0.25) is 0 Å². The first-order valence-electron chi connectivity index (χ1n) is 4.52. The second-order valence-corrected chi connectivity index (χ2v) is 4.21. The number of hydrogen-bond acceptors (Lipinski definition) is 2. The molecule has 1 aliphatic carbocycles. The fourth-order valence-electron chi connectivity index (χ4n) is 1.58. The third-order valence-corrected chi connectivity index (χ3v) is 3.17. The second-order valence-electron chi connectivity index (χ2n) is 3.90. The van der Waals surface area contributed by atoms with Crippen LogP contribution in [-0.2, 0) is 0 Å². The lowest BCUT2D eigenvalue weighted by molar-refractivity contribution is 0.278. The van der Waals surface area contributed by atoms with Crippen LogP contribution in [0, 0.1) is 5.41 Å². The summed E-state index contributed by atoms with van der Waals surface area (Å²) in [5, 5.41) is 0. The van der Waals surface area contributed by atoms with E-state index >= 15 is 0 Å². The summed E-state index contributed by atoms with van der Waals surface area (Å²) in [6, 6.07) is 0. The highest BCUT2D eigenvalue weighted by Crippen LogP contribution is 2.46. The summed E-state index contributed by atoms with van der Waals surface area (Å²) in [5.74, 6) is 1.07. The minimum absolute atomic E-state index is 0.604. The molecule has 0 radical (unpaired) electrons. The standard InChI is InChI=1S/C9H19NS/c1-3-6-10(2)7-9(8-11)4-5-9/h11H,3-8H2,1-2H3. The van der Waals surface area contributed by atoms with Crippen molar-refractivity contribution in [1.29, 1.82) is 0 Å². The van der Waals surface area contributed by atoms with Gasteiger partial charge in [-0.15, -0.1) is 0 Å². The highest BCUT2D eigenvalue weighted by atomic mass is 32.1. The van der Waals surface area contributed by atoms with E-state index in [9.17, 15) is 0 Å².